The van der Waals surface area contributed by atoms with E-state index in [9.17, 15) is 4.39 Å². The molecule has 2 N–H and O–H groups in total. The largest absolute Gasteiger partial charge is 0.325 e. The number of nitrogens with two attached hydrogens (primary N) is 1. The van der Waals surface area contributed by atoms with Crippen LogP contribution >= 0.6 is 11.3 Å². The average Bonchev–Trinajstić information content (AvgIpc) is 2.67. The average molecular weight is 208 g/mol. The van der Waals surface area contributed by atoms with E-state index >= 15 is 0 Å². The Kier molecular flexibility index (Phi) is 2.56. The van der Waals surface area contributed by atoms with Crippen molar-refractivity contribution >= 4 is 11.3 Å². The van der Waals surface area contributed by atoms with Crippen LogP contribution in [-0.4, -0.2) is 4.98 Å². The highest BCUT2D eigenvalue weighted by molar-refractivity contribution is 7.09. The van der Waals surface area contributed by atoms with E-state index in [2.05, 4.69) is 4.98 Å². The zero-order valence-electron chi connectivity index (χ0n) is 7.40. The molecule has 2 rings (SSSR count). The molecule has 0 radical (unpaired) electrons. The lowest BCUT2D eigenvalue weighted by Gasteiger charge is -1.95. The number of thiazole rings is 1. The van der Waals surface area contributed by atoms with E-state index in [0.29, 0.717) is 6.54 Å². The molecule has 0 aliphatic heterocycles. The second kappa shape index (κ2) is 3.86. The molecule has 0 fully saturated rings. The van der Waals surface area contributed by atoms with Gasteiger partial charge in [-0.2, -0.15) is 0 Å². The molecule has 0 saturated carbocycles. The quantitative estimate of drug-likeness (QED) is 0.823. The third-order valence-electron chi connectivity index (χ3n) is 1.87. The Bertz CT molecular complexity index is 422. The summed E-state index contributed by atoms with van der Waals surface area (Å²) in [5, 5.41) is 2.82. The van der Waals surface area contributed by atoms with Crippen molar-refractivity contribution in [1.82, 2.24) is 4.98 Å². The highest BCUT2D eigenvalue weighted by Crippen LogP contribution is 2.21. The van der Waals surface area contributed by atoms with Gasteiger partial charge in [0, 0.05) is 17.5 Å². The summed E-state index contributed by atoms with van der Waals surface area (Å²) in [5.41, 5.74) is 7.23. The van der Waals surface area contributed by atoms with Gasteiger partial charge in [0.1, 0.15) is 10.8 Å². The van der Waals surface area contributed by atoms with Crippen LogP contribution < -0.4 is 5.73 Å². The molecule has 1 heterocycles. The number of hydrogen-bond donors (Lipinski definition) is 1. The van der Waals surface area contributed by atoms with Crippen LogP contribution in [0.25, 0.3) is 11.3 Å². The van der Waals surface area contributed by atoms with Crippen LogP contribution in [0.4, 0.5) is 4.39 Å². The Balaban J connectivity index is 2.34. The van der Waals surface area contributed by atoms with Gasteiger partial charge in [0.2, 0.25) is 0 Å². The Hall–Kier alpha value is -1.26. The molecule has 2 aromatic rings. The smallest absolute Gasteiger partial charge is 0.123 e. The van der Waals surface area contributed by atoms with Crippen molar-refractivity contribution in [2.24, 2.45) is 5.73 Å². The van der Waals surface area contributed by atoms with Crippen LogP contribution in [0.3, 0.4) is 0 Å². The summed E-state index contributed by atoms with van der Waals surface area (Å²) in [6.07, 6.45) is 0. The summed E-state index contributed by atoms with van der Waals surface area (Å²) in [4.78, 5) is 4.30. The van der Waals surface area contributed by atoms with Gasteiger partial charge in [-0.15, -0.1) is 11.3 Å². The minimum absolute atomic E-state index is 0.233. The Morgan fingerprint density at radius 1 is 1.29 bits per heavy atom. The molecule has 0 amide bonds. The Labute approximate surface area is 85.2 Å². The molecule has 4 heteroatoms. The lowest BCUT2D eigenvalue weighted by molar-refractivity contribution is 0.628. The molecule has 0 bridgehead atoms. The molecule has 0 unspecified atom stereocenters. The molecular formula is C10H9FN2S. The highest BCUT2D eigenvalue weighted by Gasteiger charge is 2.02. The first-order valence-corrected chi connectivity index (χ1v) is 5.08. The molecule has 0 aliphatic carbocycles. The molecule has 0 atom stereocenters. The van der Waals surface area contributed by atoms with Gasteiger partial charge in [0.05, 0.1) is 5.69 Å². The van der Waals surface area contributed by atoms with Gasteiger partial charge in [-0.25, -0.2) is 9.37 Å². The normalized spacial score (nSPS) is 10.4. The summed E-state index contributed by atoms with van der Waals surface area (Å²) in [5.74, 6) is -0.233. The molecular weight excluding hydrogens is 199 g/mol. The minimum Gasteiger partial charge on any atom is -0.325 e. The van der Waals surface area contributed by atoms with Crippen molar-refractivity contribution in [3.05, 3.63) is 40.5 Å². The van der Waals surface area contributed by atoms with E-state index in [1.165, 1.54) is 23.5 Å². The molecule has 0 spiro atoms. The van der Waals surface area contributed by atoms with Crippen LogP contribution in [0.5, 0.6) is 0 Å². The minimum atomic E-state index is -0.233. The lowest BCUT2D eigenvalue weighted by atomic mass is 10.2. The van der Waals surface area contributed by atoms with Gasteiger partial charge in [-0.3, -0.25) is 0 Å². The van der Waals surface area contributed by atoms with Crippen molar-refractivity contribution in [3.8, 4) is 11.3 Å². The van der Waals surface area contributed by atoms with Gasteiger partial charge in [-0.05, 0) is 24.3 Å². The van der Waals surface area contributed by atoms with E-state index in [4.69, 9.17) is 5.73 Å². The third kappa shape index (κ3) is 1.81. The van der Waals surface area contributed by atoms with E-state index in [-0.39, 0.29) is 5.82 Å². The van der Waals surface area contributed by atoms with Crippen molar-refractivity contribution in [1.29, 1.82) is 0 Å². The second-order valence-corrected chi connectivity index (χ2v) is 3.78. The summed E-state index contributed by atoms with van der Waals surface area (Å²) in [6, 6.07) is 6.28. The standard InChI is InChI=1S/C10H9FN2S/c11-8-3-1-7(2-4-8)9-6-14-10(5-12)13-9/h1-4,6H,5,12H2. The Morgan fingerprint density at radius 3 is 2.57 bits per heavy atom. The molecule has 1 aromatic heterocycles. The zero-order chi connectivity index (χ0) is 9.97. The van der Waals surface area contributed by atoms with Crippen molar-refractivity contribution in [3.63, 3.8) is 0 Å². The maximum atomic E-state index is 12.6. The number of aromatic nitrogens is 1. The van der Waals surface area contributed by atoms with Gasteiger partial charge in [0.25, 0.3) is 0 Å². The lowest BCUT2D eigenvalue weighted by Crippen LogP contribution is -1.94. The van der Waals surface area contributed by atoms with Crippen molar-refractivity contribution < 1.29 is 4.39 Å². The van der Waals surface area contributed by atoms with Crippen molar-refractivity contribution in [2.45, 2.75) is 6.54 Å². The predicted molar refractivity (Wildman–Crippen MR) is 55.4 cm³/mol. The van der Waals surface area contributed by atoms with Crippen LogP contribution in [0.2, 0.25) is 0 Å². The topological polar surface area (TPSA) is 38.9 Å². The first-order valence-electron chi connectivity index (χ1n) is 4.20. The van der Waals surface area contributed by atoms with Gasteiger partial charge >= 0.3 is 0 Å². The number of benzene rings is 1. The van der Waals surface area contributed by atoms with Crippen LogP contribution in [0.15, 0.2) is 29.6 Å². The maximum Gasteiger partial charge on any atom is 0.123 e. The third-order valence-corrected chi connectivity index (χ3v) is 2.74. The fourth-order valence-electron chi connectivity index (χ4n) is 1.16. The first kappa shape index (κ1) is 9.30. The SMILES string of the molecule is NCc1nc(-c2ccc(F)cc2)cs1. The van der Waals surface area contributed by atoms with E-state index in [1.807, 2.05) is 5.38 Å². The van der Waals surface area contributed by atoms with Crippen LogP contribution in [-0.2, 0) is 6.54 Å². The van der Waals surface area contributed by atoms with Crippen LogP contribution in [0, 0.1) is 5.82 Å². The first-order chi connectivity index (χ1) is 6.79. The fourth-order valence-corrected chi connectivity index (χ4v) is 1.84. The predicted octanol–water partition coefficient (Wildman–Crippen LogP) is 2.41. The van der Waals surface area contributed by atoms with E-state index in [0.717, 1.165) is 16.3 Å². The summed E-state index contributed by atoms with van der Waals surface area (Å²) < 4.78 is 12.6. The Morgan fingerprint density at radius 2 is 2.00 bits per heavy atom. The monoisotopic (exact) mass is 208 g/mol. The van der Waals surface area contributed by atoms with E-state index in [1.54, 1.807) is 12.1 Å². The molecule has 2 nitrogen and oxygen atoms in total. The van der Waals surface area contributed by atoms with E-state index < -0.39 is 0 Å². The summed E-state index contributed by atoms with van der Waals surface area (Å²) in [6.45, 7) is 0.450. The molecule has 14 heavy (non-hydrogen) atoms. The maximum absolute atomic E-state index is 12.6. The highest BCUT2D eigenvalue weighted by atomic mass is 32.1. The van der Waals surface area contributed by atoms with Gasteiger partial charge in [-0.1, -0.05) is 0 Å². The summed E-state index contributed by atoms with van der Waals surface area (Å²) >= 11 is 1.52. The molecule has 72 valence electrons. The zero-order valence-corrected chi connectivity index (χ0v) is 8.22. The number of halogens is 1. The fraction of sp³-hybridized carbons (Fsp3) is 0.100. The van der Waals surface area contributed by atoms with Crippen LogP contribution in [0.1, 0.15) is 5.01 Å². The second-order valence-electron chi connectivity index (χ2n) is 2.84. The number of hydrogen-bond acceptors (Lipinski definition) is 3. The van der Waals surface area contributed by atoms with Crippen molar-refractivity contribution in [2.75, 3.05) is 0 Å². The van der Waals surface area contributed by atoms with Gasteiger partial charge in [0.15, 0.2) is 0 Å². The van der Waals surface area contributed by atoms with Gasteiger partial charge < -0.3 is 5.73 Å². The molecule has 1 aromatic carbocycles. The molecule has 0 aliphatic rings. The number of nitrogens with zero attached hydrogens (tertiary/aromatic N) is 1. The summed E-state index contributed by atoms with van der Waals surface area (Å²) in [7, 11) is 0. The number of rotatable bonds is 2. The molecule has 0 saturated heterocycles.